The maximum atomic E-state index is 10.0. The molecule has 2 N–H and O–H groups in total. The van der Waals surface area contributed by atoms with Crippen molar-refractivity contribution in [1.82, 2.24) is 5.32 Å². The first-order valence-corrected chi connectivity index (χ1v) is 6.22. The second kappa shape index (κ2) is 4.73. The summed E-state index contributed by atoms with van der Waals surface area (Å²) < 4.78 is 6.75. The fraction of sp³-hybridized carbons (Fsp3) is 0.500. The van der Waals surface area contributed by atoms with Gasteiger partial charge in [-0.15, -0.1) is 0 Å². The number of halogens is 1. The van der Waals surface area contributed by atoms with Gasteiger partial charge in [-0.1, -0.05) is 15.9 Å². The minimum absolute atomic E-state index is 0.199. The molecule has 4 heteroatoms. The van der Waals surface area contributed by atoms with Gasteiger partial charge in [-0.2, -0.15) is 0 Å². The van der Waals surface area contributed by atoms with Crippen LogP contribution in [0.3, 0.4) is 0 Å². The maximum Gasteiger partial charge on any atom is 0.128 e. The summed E-state index contributed by atoms with van der Waals surface area (Å²) in [6.07, 6.45) is 0.583. The second-order valence-corrected chi connectivity index (χ2v) is 5.11. The number of likely N-dealkylation sites (N-methyl/N-ethyl adjacent to an activating group) is 1. The zero-order chi connectivity index (χ0) is 11.7. The Kier molecular flexibility index (Phi) is 3.52. The van der Waals surface area contributed by atoms with Gasteiger partial charge in [0.05, 0.1) is 6.10 Å². The SMILES string of the molecule is CNCC(O)c1cc(Br)cc2c1OC(C)C2. The molecule has 0 radical (unpaired) electrons. The number of ether oxygens (including phenoxy) is 1. The molecule has 88 valence electrons. The first kappa shape index (κ1) is 11.9. The molecule has 0 amide bonds. The molecule has 1 aromatic carbocycles. The van der Waals surface area contributed by atoms with Crippen LogP contribution in [0.15, 0.2) is 16.6 Å². The Morgan fingerprint density at radius 2 is 2.38 bits per heavy atom. The van der Waals surface area contributed by atoms with Gasteiger partial charge >= 0.3 is 0 Å². The lowest BCUT2D eigenvalue weighted by Crippen LogP contribution is -2.17. The molecule has 0 fully saturated rings. The lowest BCUT2D eigenvalue weighted by molar-refractivity contribution is 0.168. The maximum absolute atomic E-state index is 10.0. The molecule has 0 aliphatic carbocycles. The summed E-state index contributed by atoms with van der Waals surface area (Å²) in [6.45, 7) is 2.57. The molecule has 1 aliphatic heterocycles. The fourth-order valence-corrected chi connectivity index (χ4v) is 2.59. The van der Waals surface area contributed by atoms with Gasteiger partial charge in [0.1, 0.15) is 11.9 Å². The normalized spacial score (nSPS) is 20.4. The van der Waals surface area contributed by atoms with Crippen LogP contribution in [0.2, 0.25) is 0 Å². The van der Waals surface area contributed by atoms with Gasteiger partial charge in [-0.3, -0.25) is 0 Å². The highest BCUT2D eigenvalue weighted by Gasteiger charge is 2.25. The number of nitrogens with one attached hydrogen (secondary N) is 1. The Morgan fingerprint density at radius 1 is 1.62 bits per heavy atom. The van der Waals surface area contributed by atoms with Crippen molar-refractivity contribution in [3.8, 4) is 5.75 Å². The molecular weight excluding hydrogens is 270 g/mol. The lowest BCUT2D eigenvalue weighted by atomic mass is 10.0. The summed E-state index contributed by atoms with van der Waals surface area (Å²) in [6, 6.07) is 3.99. The van der Waals surface area contributed by atoms with E-state index in [1.807, 2.05) is 20.0 Å². The van der Waals surface area contributed by atoms with E-state index in [0.717, 1.165) is 22.2 Å². The zero-order valence-electron chi connectivity index (χ0n) is 9.46. The zero-order valence-corrected chi connectivity index (χ0v) is 11.0. The summed E-state index contributed by atoms with van der Waals surface area (Å²) in [7, 11) is 1.82. The van der Waals surface area contributed by atoms with Crippen LogP contribution in [0.4, 0.5) is 0 Å². The Labute approximate surface area is 104 Å². The number of aliphatic hydroxyl groups excluding tert-OH is 1. The van der Waals surface area contributed by atoms with E-state index in [-0.39, 0.29) is 6.10 Å². The molecular formula is C12H16BrNO2. The molecule has 2 atom stereocenters. The van der Waals surface area contributed by atoms with Crippen molar-refractivity contribution in [1.29, 1.82) is 0 Å². The topological polar surface area (TPSA) is 41.5 Å². The second-order valence-electron chi connectivity index (χ2n) is 4.19. The van der Waals surface area contributed by atoms with Crippen LogP contribution in [0.25, 0.3) is 0 Å². The number of rotatable bonds is 3. The Hall–Kier alpha value is -0.580. The van der Waals surface area contributed by atoms with Gasteiger partial charge < -0.3 is 15.2 Å². The van der Waals surface area contributed by atoms with Crippen LogP contribution in [0, 0.1) is 0 Å². The Bertz CT molecular complexity index is 395. The first-order chi connectivity index (χ1) is 7.61. The Morgan fingerprint density at radius 3 is 3.06 bits per heavy atom. The third kappa shape index (κ3) is 2.24. The van der Waals surface area contributed by atoms with Gasteiger partial charge in [0.2, 0.25) is 0 Å². The average Bonchev–Trinajstić information content (AvgIpc) is 2.57. The molecule has 0 saturated heterocycles. The third-order valence-corrected chi connectivity index (χ3v) is 3.20. The van der Waals surface area contributed by atoms with Crippen LogP contribution in [-0.2, 0) is 6.42 Å². The number of hydrogen-bond acceptors (Lipinski definition) is 3. The predicted octanol–water partition coefficient (Wildman–Crippen LogP) is 2.03. The predicted molar refractivity (Wildman–Crippen MR) is 66.8 cm³/mol. The highest BCUT2D eigenvalue weighted by Crippen LogP contribution is 2.38. The molecule has 1 heterocycles. The van der Waals surface area contributed by atoms with Crippen molar-refractivity contribution in [3.05, 3.63) is 27.7 Å². The van der Waals surface area contributed by atoms with Gasteiger partial charge in [0.25, 0.3) is 0 Å². The van der Waals surface area contributed by atoms with Gasteiger partial charge in [-0.05, 0) is 31.7 Å². The van der Waals surface area contributed by atoms with E-state index in [1.54, 1.807) is 0 Å². The van der Waals surface area contributed by atoms with Crippen molar-refractivity contribution in [2.24, 2.45) is 0 Å². The van der Waals surface area contributed by atoms with Crippen molar-refractivity contribution in [3.63, 3.8) is 0 Å². The van der Waals surface area contributed by atoms with E-state index in [0.29, 0.717) is 6.54 Å². The number of benzene rings is 1. The minimum atomic E-state index is -0.526. The van der Waals surface area contributed by atoms with Crippen LogP contribution < -0.4 is 10.1 Å². The van der Waals surface area contributed by atoms with Gasteiger partial charge in [-0.25, -0.2) is 0 Å². The van der Waals surface area contributed by atoms with E-state index < -0.39 is 6.10 Å². The summed E-state index contributed by atoms with van der Waals surface area (Å²) in [4.78, 5) is 0. The standard InChI is InChI=1S/C12H16BrNO2/c1-7-3-8-4-9(13)5-10(12(8)16-7)11(15)6-14-2/h4-5,7,11,14-15H,3,6H2,1-2H3. The van der Waals surface area contributed by atoms with E-state index >= 15 is 0 Å². The van der Waals surface area contributed by atoms with Crippen molar-refractivity contribution in [2.45, 2.75) is 25.6 Å². The van der Waals surface area contributed by atoms with E-state index in [9.17, 15) is 5.11 Å². The molecule has 2 unspecified atom stereocenters. The molecule has 1 aliphatic rings. The number of hydrogen-bond donors (Lipinski definition) is 2. The minimum Gasteiger partial charge on any atom is -0.490 e. The summed E-state index contributed by atoms with van der Waals surface area (Å²) >= 11 is 3.47. The van der Waals surface area contributed by atoms with Crippen LogP contribution in [0.1, 0.15) is 24.2 Å². The van der Waals surface area contributed by atoms with Crippen molar-refractivity contribution >= 4 is 15.9 Å². The summed E-state index contributed by atoms with van der Waals surface area (Å²) in [5.74, 6) is 0.860. The quantitative estimate of drug-likeness (QED) is 0.893. The third-order valence-electron chi connectivity index (χ3n) is 2.74. The van der Waals surface area contributed by atoms with Crippen molar-refractivity contribution < 1.29 is 9.84 Å². The van der Waals surface area contributed by atoms with Crippen LogP contribution >= 0.6 is 15.9 Å². The highest BCUT2D eigenvalue weighted by molar-refractivity contribution is 9.10. The Balaban J connectivity index is 2.38. The van der Waals surface area contributed by atoms with Crippen LogP contribution in [-0.4, -0.2) is 24.8 Å². The smallest absolute Gasteiger partial charge is 0.128 e. The molecule has 2 rings (SSSR count). The van der Waals surface area contributed by atoms with Crippen molar-refractivity contribution in [2.75, 3.05) is 13.6 Å². The van der Waals surface area contributed by atoms with Gasteiger partial charge in [0.15, 0.2) is 0 Å². The number of aliphatic hydroxyl groups is 1. The highest BCUT2D eigenvalue weighted by atomic mass is 79.9. The summed E-state index contributed by atoms with van der Waals surface area (Å²) in [5, 5.41) is 13.0. The van der Waals surface area contributed by atoms with E-state index in [4.69, 9.17) is 4.74 Å². The lowest BCUT2D eigenvalue weighted by Gasteiger charge is -2.15. The molecule has 1 aromatic rings. The average molecular weight is 286 g/mol. The molecule has 0 bridgehead atoms. The van der Waals surface area contributed by atoms with Crippen LogP contribution in [0.5, 0.6) is 5.75 Å². The largest absolute Gasteiger partial charge is 0.490 e. The molecule has 0 aromatic heterocycles. The molecule has 16 heavy (non-hydrogen) atoms. The number of fused-ring (bicyclic) bond motifs is 1. The summed E-state index contributed by atoms with van der Waals surface area (Å²) in [5.41, 5.74) is 2.04. The monoisotopic (exact) mass is 285 g/mol. The molecule has 3 nitrogen and oxygen atoms in total. The molecule has 0 spiro atoms. The van der Waals surface area contributed by atoms with E-state index in [2.05, 4.69) is 27.3 Å². The fourth-order valence-electron chi connectivity index (χ4n) is 2.07. The molecule has 0 saturated carbocycles. The first-order valence-electron chi connectivity index (χ1n) is 5.43. The van der Waals surface area contributed by atoms with E-state index in [1.165, 1.54) is 5.56 Å². The van der Waals surface area contributed by atoms with Gasteiger partial charge in [0, 0.05) is 23.0 Å².